The van der Waals surface area contributed by atoms with Crippen molar-refractivity contribution in [2.75, 3.05) is 26.7 Å². The van der Waals surface area contributed by atoms with Crippen LogP contribution in [0.15, 0.2) is 0 Å². The van der Waals surface area contributed by atoms with E-state index in [9.17, 15) is 4.79 Å². The highest BCUT2D eigenvalue weighted by Gasteiger charge is 2.22. The van der Waals surface area contributed by atoms with Crippen molar-refractivity contribution in [3.8, 4) is 0 Å². The molecule has 2 N–H and O–H groups in total. The summed E-state index contributed by atoms with van der Waals surface area (Å²) in [5, 5.41) is 6.31. The lowest BCUT2D eigenvalue weighted by molar-refractivity contribution is -0.121. The fraction of sp³-hybridized carbons (Fsp3) is 0.923. The monoisotopic (exact) mass is 241 g/mol. The molecule has 0 saturated heterocycles. The lowest BCUT2D eigenvalue weighted by Crippen LogP contribution is -2.31. The third-order valence-corrected chi connectivity index (χ3v) is 3.22. The smallest absolute Gasteiger partial charge is 0.221 e. The van der Waals surface area contributed by atoms with Gasteiger partial charge in [0, 0.05) is 25.0 Å². The number of nitrogens with one attached hydrogen (secondary N) is 2. The summed E-state index contributed by atoms with van der Waals surface area (Å²) in [5.74, 6) is 0.194. The van der Waals surface area contributed by atoms with Gasteiger partial charge in [0.2, 0.25) is 5.91 Å². The minimum atomic E-state index is 0.194. The Morgan fingerprint density at radius 3 is 2.65 bits per heavy atom. The van der Waals surface area contributed by atoms with Gasteiger partial charge in [-0.3, -0.25) is 4.79 Å². The van der Waals surface area contributed by atoms with Crippen LogP contribution in [0.1, 0.15) is 39.5 Å². The average Bonchev–Trinajstić information content (AvgIpc) is 3.06. The lowest BCUT2D eigenvalue weighted by Gasteiger charge is -2.20. The van der Waals surface area contributed by atoms with Crippen molar-refractivity contribution in [3.05, 3.63) is 0 Å². The summed E-state index contributed by atoms with van der Waals surface area (Å²) in [6, 6.07) is 1.10. The Morgan fingerprint density at radius 1 is 1.35 bits per heavy atom. The lowest BCUT2D eigenvalue weighted by atomic mass is 10.3. The van der Waals surface area contributed by atoms with Gasteiger partial charge >= 0.3 is 0 Å². The van der Waals surface area contributed by atoms with Crippen LogP contribution in [0.25, 0.3) is 0 Å². The van der Waals surface area contributed by atoms with Gasteiger partial charge in [-0.1, -0.05) is 0 Å². The molecule has 1 aliphatic carbocycles. The molecule has 0 unspecified atom stereocenters. The quantitative estimate of drug-likeness (QED) is 0.591. The minimum absolute atomic E-state index is 0.194. The number of carbonyl (C=O) groups excluding carboxylic acids is 1. The van der Waals surface area contributed by atoms with Gasteiger partial charge < -0.3 is 15.5 Å². The fourth-order valence-corrected chi connectivity index (χ4v) is 1.57. The van der Waals surface area contributed by atoms with E-state index in [2.05, 4.69) is 36.4 Å². The van der Waals surface area contributed by atoms with Crippen molar-refractivity contribution in [3.63, 3.8) is 0 Å². The van der Waals surface area contributed by atoms with Crippen LogP contribution in [-0.4, -0.2) is 49.6 Å². The van der Waals surface area contributed by atoms with E-state index in [1.54, 1.807) is 0 Å². The Labute approximate surface area is 105 Å². The van der Waals surface area contributed by atoms with Crippen molar-refractivity contribution in [1.82, 2.24) is 15.5 Å². The van der Waals surface area contributed by atoms with Crippen LogP contribution in [0.4, 0.5) is 0 Å². The maximum absolute atomic E-state index is 11.4. The first-order valence-electron chi connectivity index (χ1n) is 6.80. The average molecular weight is 241 g/mol. The summed E-state index contributed by atoms with van der Waals surface area (Å²) in [7, 11) is 2.15. The molecule has 0 aliphatic heterocycles. The highest BCUT2D eigenvalue weighted by atomic mass is 16.1. The Morgan fingerprint density at radius 2 is 2.06 bits per heavy atom. The van der Waals surface area contributed by atoms with Crippen LogP contribution in [0.2, 0.25) is 0 Å². The predicted octanol–water partition coefficient (Wildman–Crippen LogP) is 0.975. The molecule has 0 radical (unpaired) electrons. The summed E-state index contributed by atoms with van der Waals surface area (Å²) in [6.45, 7) is 7.31. The number of carbonyl (C=O) groups is 1. The van der Waals surface area contributed by atoms with Crippen molar-refractivity contribution in [1.29, 1.82) is 0 Å². The van der Waals surface area contributed by atoms with Gasteiger partial charge in [0.05, 0.1) is 0 Å². The summed E-state index contributed by atoms with van der Waals surface area (Å²) in [4.78, 5) is 13.7. The van der Waals surface area contributed by atoms with Crippen molar-refractivity contribution < 1.29 is 4.79 Å². The Bertz CT molecular complexity index is 227. The largest absolute Gasteiger partial charge is 0.353 e. The first kappa shape index (κ1) is 14.5. The normalized spacial score (nSPS) is 15.6. The number of amides is 1. The molecule has 1 fully saturated rings. The molecule has 0 aromatic rings. The molecule has 0 spiro atoms. The van der Waals surface area contributed by atoms with E-state index in [4.69, 9.17) is 0 Å². The van der Waals surface area contributed by atoms with Crippen LogP contribution < -0.4 is 10.6 Å². The minimum Gasteiger partial charge on any atom is -0.353 e. The molecule has 0 atom stereocenters. The third kappa shape index (κ3) is 7.34. The topological polar surface area (TPSA) is 44.4 Å². The summed E-state index contributed by atoms with van der Waals surface area (Å²) in [5.41, 5.74) is 0. The van der Waals surface area contributed by atoms with Gasteiger partial charge in [0.25, 0.3) is 0 Å². The SMILES string of the molecule is CC(C)N(C)CCCNCCC(=O)NC1CC1. The summed E-state index contributed by atoms with van der Waals surface area (Å²) < 4.78 is 0. The van der Waals surface area contributed by atoms with Crippen LogP contribution in [0.3, 0.4) is 0 Å². The molecule has 100 valence electrons. The third-order valence-electron chi connectivity index (χ3n) is 3.22. The molecular formula is C13H27N3O. The molecule has 1 amide bonds. The molecule has 1 aliphatic rings. The van der Waals surface area contributed by atoms with Gasteiger partial charge in [0.15, 0.2) is 0 Å². The highest BCUT2D eigenvalue weighted by Crippen LogP contribution is 2.18. The molecule has 4 nitrogen and oxygen atoms in total. The van der Waals surface area contributed by atoms with Crippen LogP contribution >= 0.6 is 0 Å². The van der Waals surface area contributed by atoms with Crippen molar-refractivity contribution >= 4 is 5.91 Å². The first-order chi connectivity index (χ1) is 8.09. The maximum atomic E-state index is 11.4. The van der Waals surface area contributed by atoms with Gasteiger partial charge in [-0.25, -0.2) is 0 Å². The summed E-state index contributed by atoms with van der Waals surface area (Å²) in [6.07, 6.45) is 4.08. The molecule has 17 heavy (non-hydrogen) atoms. The van der Waals surface area contributed by atoms with E-state index in [1.165, 1.54) is 12.8 Å². The predicted molar refractivity (Wildman–Crippen MR) is 71.0 cm³/mol. The molecule has 0 aromatic carbocycles. The van der Waals surface area contributed by atoms with Gasteiger partial charge in [-0.2, -0.15) is 0 Å². The van der Waals surface area contributed by atoms with Gasteiger partial charge in [-0.15, -0.1) is 0 Å². The zero-order valence-electron chi connectivity index (χ0n) is 11.5. The molecular weight excluding hydrogens is 214 g/mol. The zero-order valence-corrected chi connectivity index (χ0v) is 11.5. The van der Waals surface area contributed by atoms with Crippen LogP contribution in [0.5, 0.6) is 0 Å². The van der Waals surface area contributed by atoms with Crippen molar-refractivity contribution in [2.45, 2.75) is 51.6 Å². The first-order valence-corrected chi connectivity index (χ1v) is 6.80. The van der Waals surface area contributed by atoms with E-state index in [-0.39, 0.29) is 5.91 Å². The standard InChI is InChI=1S/C13H27N3O/c1-11(2)16(3)10-4-8-14-9-7-13(17)15-12-5-6-12/h11-12,14H,4-10H2,1-3H3,(H,15,17). The molecule has 0 aromatic heterocycles. The Kier molecular flexibility index (Phi) is 6.52. The maximum Gasteiger partial charge on any atom is 0.221 e. The molecule has 0 heterocycles. The number of hydrogen-bond donors (Lipinski definition) is 2. The molecule has 0 bridgehead atoms. The van der Waals surface area contributed by atoms with Gasteiger partial charge in [-0.05, 0) is 53.2 Å². The zero-order chi connectivity index (χ0) is 12.7. The van der Waals surface area contributed by atoms with E-state index in [1.807, 2.05) is 0 Å². The number of nitrogens with zero attached hydrogens (tertiary/aromatic N) is 1. The Hall–Kier alpha value is -0.610. The number of rotatable bonds is 9. The van der Waals surface area contributed by atoms with E-state index in [0.29, 0.717) is 18.5 Å². The van der Waals surface area contributed by atoms with Gasteiger partial charge in [0.1, 0.15) is 0 Å². The van der Waals surface area contributed by atoms with Crippen LogP contribution in [-0.2, 0) is 4.79 Å². The van der Waals surface area contributed by atoms with E-state index >= 15 is 0 Å². The second-order valence-corrected chi connectivity index (χ2v) is 5.27. The second-order valence-electron chi connectivity index (χ2n) is 5.27. The van der Waals surface area contributed by atoms with Crippen molar-refractivity contribution in [2.24, 2.45) is 0 Å². The number of hydrogen-bond acceptors (Lipinski definition) is 3. The highest BCUT2D eigenvalue weighted by molar-refractivity contribution is 5.76. The van der Waals surface area contributed by atoms with Crippen LogP contribution in [0, 0.1) is 0 Å². The molecule has 1 saturated carbocycles. The Balaban J connectivity index is 1.85. The second kappa shape index (κ2) is 7.67. The fourth-order valence-electron chi connectivity index (χ4n) is 1.57. The molecule has 4 heteroatoms. The van der Waals surface area contributed by atoms with E-state index < -0.39 is 0 Å². The summed E-state index contributed by atoms with van der Waals surface area (Å²) >= 11 is 0. The van der Waals surface area contributed by atoms with E-state index in [0.717, 1.165) is 26.1 Å². The molecule has 1 rings (SSSR count).